The highest BCUT2D eigenvalue weighted by Gasteiger charge is 2.38. The zero-order valence-electron chi connectivity index (χ0n) is 15.0. The van der Waals surface area contributed by atoms with E-state index in [-0.39, 0.29) is 17.6 Å². The van der Waals surface area contributed by atoms with Gasteiger partial charge in [0.2, 0.25) is 0 Å². The van der Waals surface area contributed by atoms with E-state index < -0.39 is 0 Å². The summed E-state index contributed by atoms with van der Waals surface area (Å²) in [4.78, 5) is 13.2. The second-order valence-corrected chi connectivity index (χ2v) is 7.53. The van der Waals surface area contributed by atoms with E-state index in [1.165, 1.54) is 5.56 Å². The second-order valence-electron chi connectivity index (χ2n) is 7.09. The molecule has 0 saturated carbocycles. The van der Waals surface area contributed by atoms with E-state index in [0.29, 0.717) is 17.0 Å². The molecule has 1 heterocycles. The molecular weight excluding hydrogens is 356 g/mol. The average Bonchev–Trinajstić information content (AvgIpc) is 2.68. The molecule has 0 radical (unpaired) electrons. The van der Waals surface area contributed by atoms with E-state index in [4.69, 9.17) is 11.6 Å². The van der Waals surface area contributed by atoms with Crippen LogP contribution in [0.1, 0.15) is 42.7 Å². The number of carbonyl (C=O) groups excluding carboxylic acids is 1. The summed E-state index contributed by atoms with van der Waals surface area (Å²) in [6.45, 7) is 1.90. The third-order valence-corrected chi connectivity index (χ3v) is 5.67. The van der Waals surface area contributed by atoms with Crippen molar-refractivity contribution in [1.82, 2.24) is 5.32 Å². The third-order valence-electron chi connectivity index (χ3n) is 5.42. The van der Waals surface area contributed by atoms with Crippen LogP contribution in [0.4, 0.5) is 0 Å². The van der Waals surface area contributed by atoms with Crippen LogP contribution in [0.5, 0.6) is 0 Å². The summed E-state index contributed by atoms with van der Waals surface area (Å²) >= 11 is 6.03. The molecule has 0 spiro atoms. The summed E-state index contributed by atoms with van der Waals surface area (Å²) in [6.07, 6.45) is 1.23. The number of halogens is 1. The van der Waals surface area contributed by atoms with Crippen molar-refractivity contribution in [3.8, 4) is 6.07 Å². The molecule has 1 aliphatic carbocycles. The number of rotatable bonds is 2. The van der Waals surface area contributed by atoms with Crippen LogP contribution in [0.3, 0.4) is 0 Å². The van der Waals surface area contributed by atoms with Crippen LogP contribution >= 0.6 is 11.6 Å². The summed E-state index contributed by atoms with van der Waals surface area (Å²) < 4.78 is 0. The monoisotopic (exact) mass is 374 g/mol. The Hall–Kier alpha value is -2.83. The fourth-order valence-corrected chi connectivity index (χ4v) is 4.26. The lowest BCUT2D eigenvalue weighted by Crippen LogP contribution is -2.33. The zero-order chi connectivity index (χ0) is 19.0. The molecule has 0 unspecified atom stereocenters. The van der Waals surface area contributed by atoms with Crippen molar-refractivity contribution >= 4 is 17.4 Å². The molecule has 0 aromatic heterocycles. The fourth-order valence-electron chi connectivity index (χ4n) is 4.14. The summed E-state index contributed by atoms with van der Waals surface area (Å²) in [6, 6.07) is 19.9. The second kappa shape index (κ2) is 7.06. The van der Waals surface area contributed by atoms with Gasteiger partial charge in [-0.25, -0.2) is 0 Å². The van der Waals surface area contributed by atoms with E-state index in [2.05, 4.69) is 23.5 Å². The Bertz CT molecular complexity index is 997. The maximum absolute atomic E-state index is 13.2. The largest absolute Gasteiger partial charge is 0.361 e. The number of hydrogen-bond acceptors (Lipinski definition) is 3. The van der Waals surface area contributed by atoms with Crippen LogP contribution in [0.25, 0.3) is 0 Å². The summed E-state index contributed by atoms with van der Waals surface area (Å²) in [5.41, 5.74) is 5.19. The zero-order valence-corrected chi connectivity index (χ0v) is 15.8. The predicted molar refractivity (Wildman–Crippen MR) is 106 cm³/mol. The Morgan fingerprint density at radius 2 is 1.74 bits per heavy atom. The van der Waals surface area contributed by atoms with Crippen molar-refractivity contribution in [3.63, 3.8) is 0 Å². The minimum atomic E-state index is -0.326. The van der Waals surface area contributed by atoms with E-state index in [0.717, 1.165) is 29.0 Å². The summed E-state index contributed by atoms with van der Waals surface area (Å²) in [5, 5.41) is 13.7. The molecular formula is C23H19ClN2O. The lowest BCUT2D eigenvalue weighted by Gasteiger charge is -2.35. The van der Waals surface area contributed by atoms with E-state index in [9.17, 15) is 10.1 Å². The number of Topliss-reactive ketones (excluding diaryl/α,β-unsaturated/α-hetero) is 1. The van der Waals surface area contributed by atoms with Crippen molar-refractivity contribution in [2.24, 2.45) is 0 Å². The van der Waals surface area contributed by atoms with Crippen molar-refractivity contribution in [1.29, 1.82) is 5.26 Å². The number of ketones is 1. The Morgan fingerprint density at radius 3 is 2.41 bits per heavy atom. The highest BCUT2D eigenvalue weighted by Crippen LogP contribution is 2.45. The first kappa shape index (κ1) is 17.6. The van der Waals surface area contributed by atoms with Gasteiger partial charge in [-0.2, -0.15) is 5.26 Å². The number of dihydropyridines is 1. The third kappa shape index (κ3) is 3.18. The molecule has 1 N–H and O–H groups in total. The lowest BCUT2D eigenvalue weighted by molar-refractivity contribution is -0.116. The number of nitrogens with one attached hydrogen (secondary N) is 1. The smallest absolute Gasteiger partial charge is 0.162 e. The van der Waals surface area contributed by atoms with Gasteiger partial charge in [-0.1, -0.05) is 54.1 Å². The standard InChI is InChI=1S/C23H19ClN2O/c1-14-19(13-25)22(16-7-9-18(24)10-8-16)23-20(26-14)11-17(12-21(23)27)15-5-3-2-4-6-15/h2-10,17,22,26H,11-12H2,1H3/t17-,22-/m1/s1. The van der Waals surface area contributed by atoms with Gasteiger partial charge < -0.3 is 5.32 Å². The fraction of sp³-hybridized carbons (Fsp3) is 0.217. The summed E-state index contributed by atoms with van der Waals surface area (Å²) in [5.74, 6) is -0.0576. The van der Waals surface area contributed by atoms with Crippen LogP contribution in [0.2, 0.25) is 5.02 Å². The molecule has 4 rings (SSSR count). The lowest BCUT2D eigenvalue weighted by atomic mass is 9.72. The quantitative estimate of drug-likeness (QED) is 0.783. The van der Waals surface area contributed by atoms with Gasteiger partial charge in [0.1, 0.15) is 0 Å². The SMILES string of the molecule is CC1=C(C#N)[C@@H](c2ccc(Cl)cc2)C2=C(C[C@@H](c3ccccc3)CC2=O)N1. The maximum atomic E-state index is 13.2. The van der Waals surface area contributed by atoms with Crippen LogP contribution in [0, 0.1) is 11.3 Å². The molecule has 0 bridgehead atoms. The topological polar surface area (TPSA) is 52.9 Å². The molecule has 2 aromatic carbocycles. The number of carbonyl (C=O) groups is 1. The van der Waals surface area contributed by atoms with E-state index >= 15 is 0 Å². The number of nitrogens with zero attached hydrogens (tertiary/aromatic N) is 1. The number of allylic oxidation sites excluding steroid dienone is 4. The first-order valence-corrected chi connectivity index (χ1v) is 9.41. The number of nitriles is 1. The first-order valence-electron chi connectivity index (χ1n) is 9.03. The molecule has 0 fully saturated rings. The van der Waals surface area contributed by atoms with Crippen molar-refractivity contribution in [2.45, 2.75) is 31.6 Å². The van der Waals surface area contributed by atoms with Crippen LogP contribution in [-0.4, -0.2) is 5.78 Å². The minimum Gasteiger partial charge on any atom is -0.361 e. The Kier molecular flexibility index (Phi) is 4.59. The highest BCUT2D eigenvalue weighted by molar-refractivity contribution is 6.30. The molecule has 2 atom stereocenters. The maximum Gasteiger partial charge on any atom is 0.162 e. The summed E-state index contributed by atoms with van der Waals surface area (Å²) in [7, 11) is 0. The Labute approximate surface area is 164 Å². The molecule has 27 heavy (non-hydrogen) atoms. The van der Waals surface area contributed by atoms with Crippen LogP contribution in [0.15, 0.2) is 77.1 Å². The van der Waals surface area contributed by atoms with Gasteiger partial charge >= 0.3 is 0 Å². The van der Waals surface area contributed by atoms with Crippen LogP contribution in [-0.2, 0) is 4.79 Å². The van der Waals surface area contributed by atoms with Gasteiger partial charge in [0.05, 0.1) is 17.6 Å². The van der Waals surface area contributed by atoms with Gasteiger partial charge in [0.25, 0.3) is 0 Å². The van der Waals surface area contributed by atoms with Crippen molar-refractivity contribution in [2.75, 3.05) is 0 Å². The molecule has 134 valence electrons. The van der Waals surface area contributed by atoms with Gasteiger partial charge in [0, 0.05) is 28.4 Å². The van der Waals surface area contributed by atoms with E-state index in [1.54, 1.807) is 0 Å². The number of benzene rings is 2. The number of hydrogen-bond donors (Lipinski definition) is 1. The predicted octanol–water partition coefficient (Wildman–Crippen LogP) is 5.23. The highest BCUT2D eigenvalue weighted by atomic mass is 35.5. The van der Waals surface area contributed by atoms with Crippen molar-refractivity contribution < 1.29 is 4.79 Å². The van der Waals surface area contributed by atoms with Crippen molar-refractivity contribution in [3.05, 3.63) is 93.3 Å². The van der Waals surface area contributed by atoms with E-state index in [1.807, 2.05) is 49.4 Å². The molecule has 2 aliphatic rings. The van der Waals surface area contributed by atoms with Crippen LogP contribution < -0.4 is 5.32 Å². The van der Waals surface area contributed by atoms with Gasteiger partial charge in [-0.05, 0) is 42.5 Å². The molecule has 4 heteroatoms. The normalized spacial score (nSPS) is 22.2. The minimum absolute atomic E-state index is 0.109. The Balaban J connectivity index is 1.79. The molecule has 2 aromatic rings. The molecule has 0 saturated heterocycles. The van der Waals surface area contributed by atoms with Gasteiger partial charge in [-0.15, -0.1) is 0 Å². The molecule has 1 aliphatic heterocycles. The Morgan fingerprint density at radius 1 is 1.04 bits per heavy atom. The molecule has 0 amide bonds. The molecule has 3 nitrogen and oxygen atoms in total. The first-order chi connectivity index (χ1) is 13.1. The van der Waals surface area contributed by atoms with Gasteiger partial charge in [-0.3, -0.25) is 4.79 Å². The van der Waals surface area contributed by atoms with Gasteiger partial charge in [0.15, 0.2) is 5.78 Å². The average molecular weight is 375 g/mol.